The highest BCUT2D eigenvalue weighted by molar-refractivity contribution is 5.24. The Hall–Kier alpha value is -0.860. The molecule has 2 rings (SSSR count). The van der Waals surface area contributed by atoms with Crippen LogP contribution >= 0.6 is 0 Å². The SMILES string of the molecule is CON[C@@H](c1ccc(C)cc1)C1CCCCC1. The van der Waals surface area contributed by atoms with Gasteiger partial charge in [0, 0.05) is 0 Å². The van der Waals surface area contributed by atoms with Crippen LogP contribution in [0, 0.1) is 12.8 Å². The van der Waals surface area contributed by atoms with Crippen molar-refractivity contribution in [2.45, 2.75) is 45.1 Å². The van der Waals surface area contributed by atoms with E-state index in [2.05, 4.69) is 36.7 Å². The van der Waals surface area contributed by atoms with Crippen molar-refractivity contribution in [3.8, 4) is 0 Å². The standard InChI is InChI=1S/C15H23NO/c1-12-8-10-14(11-9-12)15(16-17-2)13-6-4-3-5-7-13/h8-11,13,15-16H,3-7H2,1-2H3/t15-/m1/s1. The molecule has 0 unspecified atom stereocenters. The summed E-state index contributed by atoms with van der Waals surface area (Å²) in [6.07, 6.45) is 6.74. The molecule has 2 nitrogen and oxygen atoms in total. The first kappa shape index (κ1) is 12.6. The van der Waals surface area contributed by atoms with Crippen LogP contribution in [0.5, 0.6) is 0 Å². The molecule has 1 atom stereocenters. The second-order valence-corrected chi connectivity index (χ2v) is 5.11. The monoisotopic (exact) mass is 233 g/mol. The predicted molar refractivity (Wildman–Crippen MR) is 70.6 cm³/mol. The molecule has 0 spiro atoms. The summed E-state index contributed by atoms with van der Waals surface area (Å²) in [5.74, 6) is 0.714. The Labute approximate surface area is 104 Å². The van der Waals surface area contributed by atoms with Crippen molar-refractivity contribution < 1.29 is 4.84 Å². The molecule has 94 valence electrons. The second kappa shape index (κ2) is 6.18. The summed E-state index contributed by atoms with van der Waals surface area (Å²) in [4.78, 5) is 5.19. The fourth-order valence-electron chi connectivity index (χ4n) is 2.80. The topological polar surface area (TPSA) is 21.3 Å². The lowest BCUT2D eigenvalue weighted by Gasteiger charge is -2.30. The molecule has 1 aromatic rings. The van der Waals surface area contributed by atoms with Gasteiger partial charge >= 0.3 is 0 Å². The first-order valence-corrected chi connectivity index (χ1v) is 6.66. The molecule has 17 heavy (non-hydrogen) atoms. The molecule has 0 aliphatic heterocycles. The molecule has 1 N–H and O–H groups in total. The van der Waals surface area contributed by atoms with Crippen LogP contribution in [0.1, 0.15) is 49.3 Å². The van der Waals surface area contributed by atoms with Crippen LogP contribution in [0.2, 0.25) is 0 Å². The van der Waals surface area contributed by atoms with Gasteiger partial charge in [-0.2, -0.15) is 5.48 Å². The van der Waals surface area contributed by atoms with Crippen molar-refractivity contribution in [1.29, 1.82) is 0 Å². The highest BCUT2D eigenvalue weighted by Crippen LogP contribution is 2.34. The molecule has 0 heterocycles. The third-order valence-corrected chi connectivity index (χ3v) is 3.80. The Morgan fingerprint density at radius 2 is 1.76 bits per heavy atom. The number of hydrogen-bond acceptors (Lipinski definition) is 2. The highest BCUT2D eigenvalue weighted by atomic mass is 16.6. The van der Waals surface area contributed by atoms with Gasteiger partial charge in [-0.25, -0.2) is 0 Å². The van der Waals surface area contributed by atoms with E-state index >= 15 is 0 Å². The van der Waals surface area contributed by atoms with Crippen molar-refractivity contribution in [1.82, 2.24) is 5.48 Å². The van der Waals surface area contributed by atoms with Crippen LogP contribution in [-0.2, 0) is 4.84 Å². The van der Waals surface area contributed by atoms with Gasteiger partial charge in [-0.3, -0.25) is 0 Å². The lowest BCUT2D eigenvalue weighted by Crippen LogP contribution is -2.29. The molecule has 1 aromatic carbocycles. The Bertz CT molecular complexity index is 327. The molecular weight excluding hydrogens is 210 g/mol. The average molecular weight is 233 g/mol. The van der Waals surface area contributed by atoms with E-state index in [0.29, 0.717) is 12.0 Å². The molecule has 1 aliphatic rings. The average Bonchev–Trinajstić information content (AvgIpc) is 2.38. The third-order valence-electron chi connectivity index (χ3n) is 3.80. The van der Waals surface area contributed by atoms with E-state index in [-0.39, 0.29) is 0 Å². The summed E-state index contributed by atoms with van der Waals surface area (Å²) in [6.45, 7) is 2.13. The fourth-order valence-corrected chi connectivity index (χ4v) is 2.80. The molecule has 0 amide bonds. The summed E-state index contributed by atoms with van der Waals surface area (Å²) < 4.78 is 0. The van der Waals surface area contributed by atoms with E-state index in [0.717, 1.165) is 0 Å². The summed E-state index contributed by atoms with van der Waals surface area (Å²) in [6, 6.07) is 9.16. The number of hydrogen-bond donors (Lipinski definition) is 1. The Morgan fingerprint density at radius 1 is 1.12 bits per heavy atom. The zero-order chi connectivity index (χ0) is 12.1. The van der Waals surface area contributed by atoms with Crippen molar-refractivity contribution >= 4 is 0 Å². The zero-order valence-electron chi connectivity index (χ0n) is 10.9. The largest absolute Gasteiger partial charge is 0.305 e. The minimum Gasteiger partial charge on any atom is -0.305 e. The molecule has 1 aliphatic carbocycles. The maximum absolute atomic E-state index is 5.19. The van der Waals surface area contributed by atoms with Crippen LogP contribution < -0.4 is 5.48 Å². The Balaban J connectivity index is 2.12. The second-order valence-electron chi connectivity index (χ2n) is 5.11. The molecule has 2 heteroatoms. The first-order chi connectivity index (χ1) is 8.31. The van der Waals surface area contributed by atoms with Crippen LogP contribution in [0.4, 0.5) is 0 Å². The normalized spacial score (nSPS) is 19.2. The first-order valence-electron chi connectivity index (χ1n) is 6.66. The van der Waals surface area contributed by atoms with Crippen molar-refractivity contribution in [2.24, 2.45) is 5.92 Å². The van der Waals surface area contributed by atoms with Gasteiger partial charge < -0.3 is 4.84 Å². The maximum Gasteiger partial charge on any atom is 0.0599 e. The van der Waals surface area contributed by atoms with Gasteiger partial charge in [0.05, 0.1) is 13.2 Å². The van der Waals surface area contributed by atoms with E-state index in [4.69, 9.17) is 4.84 Å². The Morgan fingerprint density at radius 3 is 2.35 bits per heavy atom. The lowest BCUT2D eigenvalue weighted by molar-refractivity contribution is 0.0332. The quantitative estimate of drug-likeness (QED) is 0.799. The van der Waals surface area contributed by atoms with Gasteiger partial charge in [-0.1, -0.05) is 49.1 Å². The summed E-state index contributed by atoms with van der Waals surface area (Å²) in [5, 5.41) is 0. The van der Waals surface area contributed by atoms with Crippen LogP contribution in [-0.4, -0.2) is 7.11 Å². The number of rotatable bonds is 4. The third kappa shape index (κ3) is 3.30. The fraction of sp³-hybridized carbons (Fsp3) is 0.600. The number of nitrogens with one attached hydrogen (secondary N) is 1. The van der Waals surface area contributed by atoms with Gasteiger partial charge in [0.2, 0.25) is 0 Å². The summed E-state index contributed by atoms with van der Waals surface area (Å²) >= 11 is 0. The van der Waals surface area contributed by atoms with Gasteiger partial charge in [-0.05, 0) is 31.2 Å². The van der Waals surface area contributed by atoms with Gasteiger partial charge in [0.25, 0.3) is 0 Å². The predicted octanol–water partition coefficient (Wildman–Crippen LogP) is 3.77. The van der Waals surface area contributed by atoms with Gasteiger partial charge in [0.1, 0.15) is 0 Å². The van der Waals surface area contributed by atoms with E-state index in [1.54, 1.807) is 7.11 Å². The lowest BCUT2D eigenvalue weighted by atomic mass is 9.81. The van der Waals surface area contributed by atoms with E-state index in [9.17, 15) is 0 Å². The number of aryl methyl sites for hydroxylation is 1. The minimum absolute atomic E-state index is 0.348. The smallest absolute Gasteiger partial charge is 0.0599 e. The van der Waals surface area contributed by atoms with Gasteiger partial charge in [0.15, 0.2) is 0 Å². The van der Waals surface area contributed by atoms with Crippen LogP contribution in [0.3, 0.4) is 0 Å². The highest BCUT2D eigenvalue weighted by Gasteiger charge is 2.24. The van der Waals surface area contributed by atoms with Crippen LogP contribution in [0.15, 0.2) is 24.3 Å². The van der Waals surface area contributed by atoms with E-state index in [1.807, 2.05) is 0 Å². The molecule has 0 bridgehead atoms. The van der Waals surface area contributed by atoms with Gasteiger partial charge in [-0.15, -0.1) is 0 Å². The molecule has 0 radical (unpaired) electrons. The molecule has 0 aromatic heterocycles. The van der Waals surface area contributed by atoms with Crippen molar-refractivity contribution in [3.63, 3.8) is 0 Å². The number of benzene rings is 1. The van der Waals surface area contributed by atoms with Crippen molar-refractivity contribution in [2.75, 3.05) is 7.11 Å². The maximum atomic E-state index is 5.19. The molecule has 1 fully saturated rings. The Kier molecular flexibility index (Phi) is 4.57. The van der Waals surface area contributed by atoms with E-state index in [1.165, 1.54) is 43.2 Å². The minimum atomic E-state index is 0.348. The zero-order valence-corrected chi connectivity index (χ0v) is 10.9. The van der Waals surface area contributed by atoms with Crippen LogP contribution in [0.25, 0.3) is 0 Å². The number of hydroxylamine groups is 1. The molecule has 0 saturated heterocycles. The van der Waals surface area contributed by atoms with E-state index < -0.39 is 0 Å². The summed E-state index contributed by atoms with van der Waals surface area (Å²) in [5.41, 5.74) is 5.85. The molecular formula is C15H23NO. The summed E-state index contributed by atoms with van der Waals surface area (Å²) in [7, 11) is 1.71. The molecule has 1 saturated carbocycles. The van der Waals surface area contributed by atoms with Crippen molar-refractivity contribution in [3.05, 3.63) is 35.4 Å².